The Morgan fingerprint density at radius 1 is 0.970 bits per heavy atom. The maximum Gasteiger partial charge on any atom is 0.174 e. The minimum Gasteiger partial charge on any atom is -0.508 e. The molecule has 1 aliphatic heterocycles. The Labute approximate surface area is 203 Å². The second-order valence-electron chi connectivity index (χ2n) is 8.15. The van der Waals surface area contributed by atoms with Gasteiger partial charge in [-0.3, -0.25) is 4.98 Å². The zero-order valence-electron chi connectivity index (χ0n) is 18.2. The largest absolute Gasteiger partial charge is 0.508 e. The molecule has 1 fully saturated rings. The Bertz CT molecular complexity index is 1300. The van der Waals surface area contributed by atoms with Crippen molar-refractivity contribution in [1.82, 2.24) is 14.9 Å². The third-order valence-electron chi connectivity index (χ3n) is 6.10. The van der Waals surface area contributed by atoms with E-state index < -0.39 is 0 Å². The molecule has 2 atom stereocenters. The fourth-order valence-corrected chi connectivity index (χ4v) is 5.11. The first kappa shape index (κ1) is 21.5. The number of anilines is 1. The maximum atomic E-state index is 9.74. The van der Waals surface area contributed by atoms with Crippen LogP contribution in [0.5, 0.6) is 5.75 Å². The summed E-state index contributed by atoms with van der Waals surface area (Å²) in [7, 11) is 0. The molecule has 0 bridgehead atoms. The summed E-state index contributed by atoms with van der Waals surface area (Å²) in [6, 6.07) is 22.9. The van der Waals surface area contributed by atoms with Gasteiger partial charge in [0, 0.05) is 34.0 Å². The minimum atomic E-state index is -0.122. The van der Waals surface area contributed by atoms with Crippen molar-refractivity contribution in [1.29, 1.82) is 0 Å². The van der Waals surface area contributed by atoms with E-state index in [9.17, 15) is 5.11 Å². The molecule has 166 valence electrons. The fraction of sp³-hybridized carbons (Fsp3) is 0.154. The molecule has 0 radical (unpaired) electrons. The second-order valence-corrected chi connectivity index (χ2v) is 8.97. The van der Waals surface area contributed by atoms with E-state index in [0.717, 1.165) is 34.0 Å². The van der Waals surface area contributed by atoms with Crippen molar-refractivity contribution in [2.75, 3.05) is 4.90 Å². The van der Waals surface area contributed by atoms with Gasteiger partial charge in [0.05, 0.1) is 17.8 Å². The van der Waals surface area contributed by atoms with E-state index in [4.69, 9.17) is 23.8 Å². The van der Waals surface area contributed by atoms with E-state index in [2.05, 4.69) is 39.7 Å². The number of aryl methyl sites for hydroxylation is 1. The molecule has 4 aromatic rings. The molecule has 33 heavy (non-hydrogen) atoms. The molecule has 0 unspecified atom stereocenters. The van der Waals surface area contributed by atoms with Crippen LogP contribution in [0.15, 0.2) is 79.0 Å². The van der Waals surface area contributed by atoms with Crippen LogP contribution in [-0.2, 0) is 0 Å². The van der Waals surface area contributed by atoms with Crippen molar-refractivity contribution in [3.63, 3.8) is 0 Å². The van der Waals surface area contributed by atoms with E-state index in [-0.39, 0.29) is 17.8 Å². The number of nitrogens with zero attached hydrogens (tertiary/aromatic N) is 3. The van der Waals surface area contributed by atoms with Crippen LogP contribution < -0.4 is 10.2 Å². The third kappa shape index (κ3) is 3.86. The molecule has 0 amide bonds. The Morgan fingerprint density at radius 3 is 2.33 bits per heavy atom. The van der Waals surface area contributed by atoms with Gasteiger partial charge in [-0.05, 0) is 98.4 Å². The van der Waals surface area contributed by atoms with Gasteiger partial charge in [0.2, 0.25) is 0 Å². The molecule has 7 heteroatoms. The zero-order valence-corrected chi connectivity index (χ0v) is 19.8. The predicted molar refractivity (Wildman–Crippen MR) is 136 cm³/mol. The molecule has 1 saturated heterocycles. The van der Waals surface area contributed by atoms with Crippen LogP contribution in [0.2, 0.25) is 5.02 Å². The van der Waals surface area contributed by atoms with Crippen LogP contribution in [0.25, 0.3) is 5.69 Å². The summed E-state index contributed by atoms with van der Waals surface area (Å²) in [5, 5.41) is 14.6. The van der Waals surface area contributed by atoms with Gasteiger partial charge >= 0.3 is 0 Å². The lowest BCUT2D eigenvalue weighted by molar-refractivity contribution is 0.475. The number of hydrogen-bond donors (Lipinski definition) is 2. The van der Waals surface area contributed by atoms with Gasteiger partial charge in [0.25, 0.3) is 0 Å². The SMILES string of the molecule is Cc1cc([C@@H]2[C@@H](c3ccccn3)NC(=S)N2c2ccc(Cl)cc2)c(C)n1-c1ccc(O)cc1. The highest BCUT2D eigenvalue weighted by atomic mass is 35.5. The van der Waals surface area contributed by atoms with Gasteiger partial charge in [-0.1, -0.05) is 17.7 Å². The molecular formula is C26H23ClN4OS. The van der Waals surface area contributed by atoms with Crippen LogP contribution in [-0.4, -0.2) is 19.8 Å². The molecule has 1 aliphatic rings. The number of aromatic nitrogens is 2. The number of phenolic OH excluding ortho intramolecular Hbond substituents is 1. The van der Waals surface area contributed by atoms with Gasteiger partial charge in [0.1, 0.15) is 5.75 Å². The van der Waals surface area contributed by atoms with E-state index in [1.807, 2.05) is 60.8 Å². The van der Waals surface area contributed by atoms with Crippen molar-refractivity contribution in [2.24, 2.45) is 0 Å². The fourth-order valence-electron chi connectivity index (χ4n) is 4.64. The van der Waals surface area contributed by atoms with E-state index in [0.29, 0.717) is 10.1 Å². The first-order valence-corrected chi connectivity index (χ1v) is 11.5. The van der Waals surface area contributed by atoms with Crippen molar-refractivity contribution in [2.45, 2.75) is 25.9 Å². The molecule has 2 N–H and O–H groups in total. The molecule has 5 nitrogen and oxygen atoms in total. The lowest BCUT2D eigenvalue weighted by Gasteiger charge is -2.28. The van der Waals surface area contributed by atoms with Crippen LogP contribution >= 0.6 is 23.8 Å². The summed E-state index contributed by atoms with van der Waals surface area (Å²) in [6.45, 7) is 4.21. The Hall–Kier alpha value is -3.35. The maximum absolute atomic E-state index is 9.74. The number of nitrogens with one attached hydrogen (secondary N) is 1. The monoisotopic (exact) mass is 474 g/mol. The van der Waals surface area contributed by atoms with Crippen LogP contribution in [0.4, 0.5) is 5.69 Å². The molecule has 0 aliphatic carbocycles. The van der Waals surface area contributed by atoms with E-state index in [1.165, 1.54) is 0 Å². The van der Waals surface area contributed by atoms with Gasteiger partial charge in [-0.15, -0.1) is 0 Å². The lowest BCUT2D eigenvalue weighted by Crippen LogP contribution is -2.29. The van der Waals surface area contributed by atoms with Gasteiger partial charge in [0.15, 0.2) is 5.11 Å². The third-order valence-corrected chi connectivity index (χ3v) is 6.67. The molecule has 5 rings (SSSR count). The molecule has 2 aromatic heterocycles. The first-order chi connectivity index (χ1) is 15.9. The van der Waals surface area contributed by atoms with E-state index in [1.54, 1.807) is 12.1 Å². The first-order valence-electron chi connectivity index (χ1n) is 10.7. The summed E-state index contributed by atoms with van der Waals surface area (Å²) in [6.07, 6.45) is 1.81. The van der Waals surface area contributed by atoms with Crippen molar-refractivity contribution in [3.8, 4) is 11.4 Å². The average molecular weight is 475 g/mol. The predicted octanol–water partition coefficient (Wildman–Crippen LogP) is 6.03. The number of halogens is 1. The summed E-state index contributed by atoms with van der Waals surface area (Å²) in [5.41, 5.74) is 6.25. The highest BCUT2D eigenvalue weighted by Gasteiger charge is 2.42. The number of pyridine rings is 1. The number of hydrogen-bond acceptors (Lipinski definition) is 3. The molecule has 0 saturated carbocycles. The van der Waals surface area contributed by atoms with Crippen molar-refractivity contribution in [3.05, 3.63) is 107 Å². The highest BCUT2D eigenvalue weighted by Crippen LogP contribution is 2.43. The number of thiocarbonyl (C=S) groups is 1. The number of rotatable bonds is 4. The van der Waals surface area contributed by atoms with E-state index >= 15 is 0 Å². The quantitative estimate of drug-likeness (QED) is 0.354. The van der Waals surface area contributed by atoms with Crippen LogP contribution in [0.1, 0.15) is 34.7 Å². The van der Waals surface area contributed by atoms with Crippen molar-refractivity contribution < 1.29 is 5.11 Å². The highest BCUT2D eigenvalue weighted by molar-refractivity contribution is 7.80. The lowest BCUT2D eigenvalue weighted by atomic mass is 9.96. The summed E-state index contributed by atoms with van der Waals surface area (Å²) in [5.74, 6) is 0.246. The Balaban J connectivity index is 1.67. The van der Waals surface area contributed by atoms with Gasteiger partial charge < -0.3 is 19.9 Å². The number of benzene rings is 2. The van der Waals surface area contributed by atoms with Gasteiger partial charge in [-0.25, -0.2) is 0 Å². The van der Waals surface area contributed by atoms with Crippen LogP contribution in [0.3, 0.4) is 0 Å². The summed E-state index contributed by atoms with van der Waals surface area (Å²) < 4.78 is 2.20. The van der Waals surface area contributed by atoms with Crippen LogP contribution in [0, 0.1) is 13.8 Å². The summed E-state index contributed by atoms with van der Waals surface area (Å²) >= 11 is 12.0. The summed E-state index contributed by atoms with van der Waals surface area (Å²) in [4.78, 5) is 6.78. The number of aromatic hydroxyl groups is 1. The zero-order chi connectivity index (χ0) is 23.1. The molecular weight excluding hydrogens is 452 g/mol. The molecule has 2 aromatic carbocycles. The standard InChI is InChI=1S/C26H23ClN4OS/c1-16-15-22(17(2)30(16)19-10-12-21(32)13-11-19)25-24(23-5-3-4-14-28-23)29-26(33)31(25)20-8-6-18(27)7-9-20/h3-15,24-25,32H,1-2H3,(H,29,33)/t24-,25-/m1/s1. The van der Waals surface area contributed by atoms with Crippen molar-refractivity contribution >= 4 is 34.6 Å². The smallest absolute Gasteiger partial charge is 0.174 e. The molecule has 0 spiro atoms. The second kappa shape index (κ2) is 8.54. The molecule has 3 heterocycles. The normalized spacial score (nSPS) is 17.9. The Kier molecular flexibility index (Phi) is 5.56. The topological polar surface area (TPSA) is 53.3 Å². The minimum absolute atomic E-state index is 0.106. The number of phenols is 1. The Morgan fingerprint density at radius 2 is 1.67 bits per heavy atom. The average Bonchev–Trinajstić information content (AvgIpc) is 3.31. The van der Waals surface area contributed by atoms with Gasteiger partial charge in [-0.2, -0.15) is 0 Å².